The number of alkyl halides is 3. The number of hydrogen-bond donors (Lipinski definition) is 1. The van der Waals surface area contributed by atoms with Crippen LogP contribution in [0, 0.1) is 0 Å². The van der Waals surface area contributed by atoms with Crippen LogP contribution in [0.25, 0.3) is 0 Å². The zero-order chi connectivity index (χ0) is 17.9. The second-order valence-electron chi connectivity index (χ2n) is 5.87. The quantitative estimate of drug-likeness (QED) is 0.906. The molecule has 7 heteroatoms. The molecule has 130 valence electrons. The molecule has 0 fully saturated rings. The van der Waals surface area contributed by atoms with Crippen molar-refractivity contribution in [2.45, 2.75) is 18.8 Å². The maximum atomic E-state index is 13.5. The third kappa shape index (κ3) is 4.17. The highest BCUT2D eigenvalue weighted by atomic mass is 19.4. The summed E-state index contributed by atoms with van der Waals surface area (Å²) in [6, 6.07) is 9.28. The Kier molecular flexibility index (Phi) is 5.33. The number of hydrogen-bond acceptors (Lipinski definition) is 2. The van der Waals surface area contributed by atoms with Gasteiger partial charge in [-0.1, -0.05) is 30.3 Å². The van der Waals surface area contributed by atoms with E-state index in [-0.39, 0.29) is 18.0 Å². The molecular weight excluding hydrogens is 319 g/mol. The molecule has 1 aromatic heterocycles. The molecular formula is C17H20F3N3O. The van der Waals surface area contributed by atoms with Gasteiger partial charge in [0.25, 0.3) is 5.91 Å². The van der Waals surface area contributed by atoms with Crippen molar-refractivity contribution in [3.8, 4) is 0 Å². The Morgan fingerprint density at radius 1 is 1.08 bits per heavy atom. The Hall–Kier alpha value is -2.28. The van der Waals surface area contributed by atoms with Crippen molar-refractivity contribution < 1.29 is 18.0 Å². The summed E-state index contributed by atoms with van der Waals surface area (Å²) in [5.41, 5.74) is 1.09. The fourth-order valence-corrected chi connectivity index (χ4v) is 2.59. The molecule has 0 saturated heterocycles. The summed E-state index contributed by atoms with van der Waals surface area (Å²) in [6.45, 7) is 0.0414. The normalized spacial score (nSPS) is 13.1. The molecule has 24 heavy (non-hydrogen) atoms. The third-order valence-corrected chi connectivity index (χ3v) is 3.67. The molecule has 0 aliphatic heterocycles. The molecule has 0 spiro atoms. The fourth-order valence-electron chi connectivity index (χ4n) is 2.59. The highest BCUT2D eigenvalue weighted by Crippen LogP contribution is 2.37. The number of nitrogens with zero attached hydrogens (tertiary/aromatic N) is 2. The van der Waals surface area contributed by atoms with Crippen molar-refractivity contribution in [1.82, 2.24) is 14.8 Å². The van der Waals surface area contributed by atoms with E-state index in [4.69, 9.17) is 0 Å². The molecule has 0 saturated carbocycles. The molecule has 0 aliphatic carbocycles. The van der Waals surface area contributed by atoms with Gasteiger partial charge in [-0.15, -0.1) is 0 Å². The third-order valence-electron chi connectivity index (χ3n) is 3.67. The molecule has 2 rings (SSSR count). The zero-order valence-corrected chi connectivity index (χ0v) is 13.8. The second-order valence-corrected chi connectivity index (χ2v) is 5.87. The minimum atomic E-state index is -4.40. The van der Waals surface area contributed by atoms with E-state index >= 15 is 0 Å². The second kappa shape index (κ2) is 7.09. The lowest BCUT2D eigenvalue weighted by atomic mass is 10.1. The van der Waals surface area contributed by atoms with Gasteiger partial charge in [0.2, 0.25) is 0 Å². The van der Waals surface area contributed by atoms with Crippen LogP contribution in [0.5, 0.6) is 0 Å². The van der Waals surface area contributed by atoms with E-state index in [0.29, 0.717) is 11.4 Å². The van der Waals surface area contributed by atoms with E-state index in [2.05, 4.69) is 4.98 Å². The average molecular weight is 339 g/mol. The first-order chi connectivity index (χ1) is 11.2. The van der Waals surface area contributed by atoms with Crippen molar-refractivity contribution in [2.75, 3.05) is 21.1 Å². The van der Waals surface area contributed by atoms with E-state index in [9.17, 15) is 18.0 Å². The van der Waals surface area contributed by atoms with Crippen molar-refractivity contribution >= 4 is 5.91 Å². The van der Waals surface area contributed by atoms with Gasteiger partial charge >= 0.3 is 6.18 Å². The maximum Gasteiger partial charge on any atom is 0.408 e. The minimum absolute atomic E-state index is 0.0414. The van der Waals surface area contributed by atoms with Crippen LogP contribution in [-0.4, -0.2) is 48.0 Å². The van der Waals surface area contributed by atoms with Crippen molar-refractivity contribution in [3.05, 3.63) is 59.4 Å². The van der Waals surface area contributed by atoms with Gasteiger partial charge in [0.15, 0.2) is 0 Å². The molecule has 0 aliphatic rings. The maximum absolute atomic E-state index is 13.5. The van der Waals surface area contributed by atoms with Crippen molar-refractivity contribution in [2.24, 2.45) is 0 Å². The van der Waals surface area contributed by atoms with E-state index in [1.807, 2.05) is 0 Å². The molecule has 1 aromatic carbocycles. The summed E-state index contributed by atoms with van der Waals surface area (Å²) >= 11 is 0. The van der Waals surface area contributed by atoms with Gasteiger partial charge in [0.05, 0.1) is 0 Å². The SMILES string of the molecule is CN(C)C(=O)c1ccc(CN(C)C(c2ccccc2)C(F)(F)F)[nH]1. The first kappa shape index (κ1) is 18.1. The van der Waals surface area contributed by atoms with Crippen LogP contribution < -0.4 is 0 Å². The van der Waals surface area contributed by atoms with Gasteiger partial charge in [-0.3, -0.25) is 9.69 Å². The molecule has 1 amide bonds. The van der Waals surface area contributed by atoms with Crippen LogP contribution in [0.1, 0.15) is 27.8 Å². The molecule has 1 unspecified atom stereocenters. The smallest absolute Gasteiger partial charge is 0.353 e. The van der Waals surface area contributed by atoms with Gasteiger partial charge in [-0.05, 0) is 24.7 Å². The Labute approximate surface area is 138 Å². The fraction of sp³-hybridized carbons (Fsp3) is 0.353. The number of nitrogens with one attached hydrogen (secondary N) is 1. The number of H-pyrrole nitrogens is 1. The lowest BCUT2D eigenvalue weighted by molar-refractivity contribution is -0.184. The van der Waals surface area contributed by atoms with E-state index in [1.54, 1.807) is 44.4 Å². The van der Waals surface area contributed by atoms with Crippen LogP contribution in [0.15, 0.2) is 42.5 Å². The molecule has 1 atom stereocenters. The number of aromatic nitrogens is 1. The Morgan fingerprint density at radius 3 is 2.25 bits per heavy atom. The first-order valence-electron chi connectivity index (χ1n) is 7.41. The van der Waals surface area contributed by atoms with Crippen LogP contribution in [-0.2, 0) is 6.54 Å². The van der Waals surface area contributed by atoms with E-state index < -0.39 is 12.2 Å². The Balaban J connectivity index is 2.20. The summed E-state index contributed by atoms with van der Waals surface area (Å²) < 4.78 is 40.5. The predicted octanol–water partition coefficient (Wildman–Crippen LogP) is 3.45. The number of amides is 1. The van der Waals surface area contributed by atoms with Gasteiger partial charge in [0, 0.05) is 26.3 Å². The van der Waals surface area contributed by atoms with Crippen LogP contribution in [0.2, 0.25) is 0 Å². The summed E-state index contributed by atoms with van der Waals surface area (Å²) in [5.74, 6) is -0.223. The standard InChI is InChI=1S/C17H20F3N3O/c1-22(2)16(24)14-10-9-13(21-14)11-23(3)15(17(18,19)20)12-7-5-4-6-8-12/h4-10,15,21H,11H2,1-3H3. The van der Waals surface area contributed by atoms with E-state index in [1.165, 1.54) is 29.0 Å². The summed E-state index contributed by atoms with van der Waals surface area (Å²) in [5, 5.41) is 0. The van der Waals surface area contributed by atoms with Gasteiger partial charge in [-0.2, -0.15) is 13.2 Å². The highest BCUT2D eigenvalue weighted by Gasteiger charge is 2.43. The van der Waals surface area contributed by atoms with Crippen molar-refractivity contribution in [3.63, 3.8) is 0 Å². The number of halogens is 3. The minimum Gasteiger partial charge on any atom is -0.353 e. The van der Waals surface area contributed by atoms with Crippen LogP contribution >= 0.6 is 0 Å². The van der Waals surface area contributed by atoms with Crippen molar-refractivity contribution in [1.29, 1.82) is 0 Å². The first-order valence-corrected chi connectivity index (χ1v) is 7.41. The average Bonchev–Trinajstić information content (AvgIpc) is 2.94. The Morgan fingerprint density at radius 2 is 1.71 bits per heavy atom. The van der Waals surface area contributed by atoms with E-state index in [0.717, 1.165) is 0 Å². The molecule has 1 N–H and O–H groups in total. The molecule has 1 heterocycles. The number of aromatic amines is 1. The number of rotatable bonds is 5. The number of carbonyl (C=O) groups is 1. The summed E-state index contributed by atoms with van der Waals surface area (Å²) in [6.07, 6.45) is -4.40. The molecule has 4 nitrogen and oxygen atoms in total. The summed E-state index contributed by atoms with van der Waals surface area (Å²) in [4.78, 5) is 17.4. The number of benzene rings is 1. The molecule has 0 radical (unpaired) electrons. The van der Waals surface area contributed by atoms with Crippen LogP contribution in [0.3, 0.4) is 0 Å². The van der Waals surface area contributed by atoms with Gasteiger partial charge in [0.1, 0.15) is 11.7 Å². The highest BCUT2D eigenvalue weighted by molar-refractivity contribution is 5.92. The van der Waals surface area contributed by atoms with Gasteiger partial charge in [-0.25, -0.2) is 0 Å². The summed E-state index contributed by atoms with van der Waals surface area (Å²) in [7, 11) is 4.65. The topological polar surface area (TPSA) is 39.3 Å². The zero-order valence-electron chi connectivity index (χ0n) is 13.8. The largest absolute Gasteiger partial charge is 0.408 e. The molecule has 2 aromatic rings. The van der Waals surface area contributed by atoms with Gasteiger partial charge < -0.3 is 9.88 Å². The lowest BCUT2D eigenvalue weighted by Gasteiger charge is -2.30. The Bertz CT molecular complexity index is 680. The monoisotopic (exact) mass is 339 g/mol. The molecule has 0 bridgehead atoms. The predicted molar refractivity (Wildman–Crippen MR) is 85.5 cm³/mol. The number of carbonyl (C=O) groups excluding carboxylic acids is 1. The van der Waals surface area contributed by atoms with Crippen LogP contribution in [0.4, 0.5) is 13.2 Å². The lowest BCUT2D eigenvalue weighted by Crippen LogP contribution is -2.35.